The summed E-state index contributed by atoms with van der Waals surface area (Å²) >= 11 is 0. The van der Waals surface area contributed by atoms with E-state index in [0.29, 0.717) is 19.4 Å². The van der Waals surface area contributed by atoms with Gasteiger partial charge in [-0.15, -0.1) is 0 Å². The summed E-state index contributed by atoms with van der Waals surface area (Å²) in [6.45, 7) is 0.425. The van der Waals surface area contributed by atoms with Crippen LogP contribution < -0.4 is 15.8 Å². The molecule has 1 atom stereocenters. The molecule has 1 aliphatic heterocycles. The Hall–Kier alpha value is -2.24. The number of benzene rings is 1. The van der Waals surface area contributed by atoms with Crippen molar-refractivity contribution >= 4 is 11.7 Å². The van der Waals surface area contributed by atoms with Crippen LogP contribution in [0.5, 0.6) is 5.75 Å². The van der Waals surface area contributed by atoms with E-state index in [9.17, 15) is 4.79 Å². The van der Waals surface area contributed by atoms with Gasteiger partial charge in [0.15, 0.2) is 5.84 Å². The van der Waals surface area contributed by atoms with E-state index in [1.807, 2.05) is 24.3 Å². The number of ether oxygens (including phenoxy) is 1. The first-order valence-electron chi connectivity index (χ1n) is 7.16. The molecule has 1 fully saturated rings. The molecule has 21 heavy (non-hydrogen) atoms. The van der Waals surface area contributed by atoms with Crippen molar-refractivity contribution in [1.29, 1.82) is 0 Å². The highest BCUT2D eigenvalue weighted by molar-refractivity contribution is 6.07. The van der Waals surface area contributed by atoms with Gasteiger partial charge in [0, 0.05) is 6.42 Å². The van der Waals surface area contributed by atoms with Gasteiger partial charge in [0.1, 0.15) is 17.3 Å². The van der Waals surface area contributed by atoms with Crippen molar-refractivity contribution in [2.75, 3.05) is 6.54 Å². The Morgan fingerprint density at radius 3 is 2.86 bits per heavy atom. The van der Waals surface area contributed by atoms with Gasteiger partial charge >= 0.3 is 0 Å². The number of oxime groups is 1. The Bertz CT molecular complexity index is 556. The molecule has 4 N–H and O–H groups in total. The lowest BCUT2D eigenvalue weighted by atomic mass is 9.67. The van der Waals surface area contributed by atoms with Crippen molar-refractivity contribution < 1.29 is 14.7 Å². The number of para-hydroxylation sites is 1. The maximum Gasteiger partial charge on any atom is 0.234 e. The zero-order valence-corrected chi connectivity index (χ0v) is 11.7. The number of hydrogen-bond acceptors (Lipinski definition) is 4. The molecule has 0 radical (unpaired) electrons. The number of amidine groups is 1. The monoisotopic (exact) mass is 289 g/mol. The molecule has 1 aliphatic carbocycles. The number of nitrogens with one attached hydrogen (secondary N) is 1. The molecule has 112 valence electrons. The van der Waals surface area contributed by atoms with Gasteiger partial charge in [0.2, 0.25) is 5.91 Å². The Morgan fingerprint density at radius 2 is 2.24 bits per heavy atom. The summed E-state index contributed by atoms with van der Waals surface area (Å²) in [5.74, 6) is 0.706. The highest BCUT2D eigenvalue weighted by atomic mass is 16.5. The first kappa shape index (κ1) is 13.7. The molecule has 1 unspecified atom stereocenters. The lowest BCUT2D eigenvalue weighted by Gasteiger charge is -2.38. The number of carbonyl (C=O) groups is 1. The van der Waals surface area contributed by atoms with Gasteiger partial charge in [0.05, 0.1) is 6.54 Å². The van der Waals surface area contributed by atoms with Crippen LogP contribution in [-0.2, 0) is 11.2 Å². The highest BCUT2D eigenvalue weighted by Gasteiger charge is 2.48. The van der Waals surface area contributed by atoms with E-state index in [1.54, 1.807) is 0 Å². The Morgan fingerprint density at radius 1 is 1.48 bits per heavy atom. The van der Waals surface area contributed by atoms with Crippen LogP contribution in [0.15, 0.2) is 29.4 Å². The number of carbonyl (C=O) groups excluding carboxylic acids is 1. The molecule has 1 saturated carbocycles. The topological polar surface area (TPSA) is 96.9 Å². The van der Waals surface area contributed by atoms with Crippen LogP contribution in [0.3, 0.4) is 0 Å². The molecule has 6 nitrogen and oxygen atoms in total. The van der Waals surface area contributed by atoms with Crippen molar-refractivity contribution in [1.82, 2.24) is 5.32 Å². The molecular formula is C15H19N3O3. The van der Waals surface area contributed by atoms with Crippen molar-refractivity contribution in [3.8, 4) is 5.75 Å². The summed E-state index contributed by atoms with van der Waals surface area (Å²) in [6.07, 6.45) is 2.89. The van der Waals surface area contributed by atoms with Crippen LogP contribution in [-0.4, -0.2) is 29.6 Å². The molecule has 0 aromatic heterocycles. The van der Waals surface area contributed by atoms with Gasteiger partial charge in [0.25, 0.3) is 0 Å². The molecular weight excluding hydrogens is 270 g/mol. The SMILES string of the molecule is N/C(=N/O)C1(C(=O)NCC2Cc3ccccc3O2)CCC1. The number of amides is 1. The minimum Gasteiger partial charge on any atom is -0.488 e. The normalized spacial score (nSPS) is 22.9. The quantitative estimate of drug-likeness (QED) is 0.334. The molecule has 2 aliphatic rings. The second-order valence-corrected chi connectivity index (χ2v) is 5.68. The van der Waals surface area contributed by atoms with Crippen molar-refractivity contribution in [3.63, 3.8) is 0 Å². The van der Waals surface area contributed by atoms with Crippen molar-refractivity contribution in [2.24, 2.45) is 16.3 Å². The third-order valence-corrected chi connectivity index (χ3v) is 4.44. The average Bonchev–Trinajstić information content (AvgIpc) is 2.86. The van der Waals surface area contributed by atoms with Crippen LogP contribution >= 0.6 is 0 Å². The van der Waals surface area contributed by atoms with E-state index >= 15 is 0 Å². The van der Waals surface area contributed by atoms with Crippen molar-refractivity contribution in [3.05, 3.63) is 29.8 Å². The molecule has 3 rings (SSSR count). The van der Waals surface area contributed by atoms with Crippen LogP contribution in [0.4, 0.5) is 0 Å². The highest BCUT2D eigenvalue weighted by Crippen LogP contribution is 2.41. The summed E-state index contributed by atoms with van der Waals surface area (Å²) in [6, 6.07) is 7.87. The van der Waals surface area contributed by atoms with Gasteiger partial charge in [-0.05, 0) is 24.5 Å². The zero-order chi connectivity index (χ0) is 14.9. The molecule has 0 saturated heterocycles. The fourth-order valence-electron chi connectivity index (χ4n) is 2.97. The van der Waals surface area contributed by atoms with Crippen molar-refractivity contribution in [2.45, 2.75) is 31.8 Å². The second-order valence-electron chi connectivity index (χ2n) is 5.68. The fourth-order valence-corrected chi connectivity index (χ4v) is 2.97. The molecule has 0 bridgehead atoms. The van der Waals surface area contributed by atoms with E-state index in [2.05, 4.69) is 10.5 Å². The summed E-state index contributed by atoms with van der Waals surface area (Å²) in [5, 5.41) is 14.7. The molecule has 0 spiro atoms. The van der Waals surface area contributed by atoms with E-state index < -0.39 is 5.41 Å². The van der Waals surface area contributed by atoms with E-state index in [4.69, 9.17) is 15.7 Å². The molecule has 1 heterocycles. The predicted octanol–water partition coefficient (Wildman–Crippen LogP) is 1.02. The first-order valence-corrected chi connectivity index (χ1v) is 7.16. The number of nitrogens with two attached hydrogens (primary N) is 1. The van der Waals surface area contributed by atoms with Crippen LogP contribution in [0.1, 0.15) is 24.8 Å². The van der Waals surface area contributed by atoms with Gasteiger partial charge in [-0.3, -0.25) is 4.79 Å². The van der Waals surface area contributed by atoms with Crippen LogP contribution in [0.25, 0.3) is 0 Å². The zero-order valence-electron chi connectivity index (χ0n) is 11.7. The summed E-state index contributed by atoms with van der Waals surface area (Å²) in [7, 11) is 0. The summed E-state index contributed by atoms with van der Waals surface area (Å²) in [5.41, 5.74) is 6.00. The maximum absolute atomic E-state index is 12.3. The number of rotatable bonds is 4. The second kappa shape index (κ2) is 5.27. The van der Waals surface area contributed by atoms with E-state index in [-0.39, 0.29) is 17.8 Å². The molecule has 1 aromatic carbocycles. The third-order valence-electron chi connectivity index (χ3n) is 4.44. The predicted molar refractivity (Wildman–Crippen MR) is 77.3 cm³/mol. The average molecular weight is 289 g/mol. The Kier molecular flexibility index (Phi) is 3.45. The van der Waals surface area contributed by atoms with E-state index in [1.165, 1.54) is 0 Å². The van der Waals surface area contributed by atoms with Gasteiger partial charge < -0.3 is 21.0 Å². The smallest absolute Gasteiger partial charge is 0.234 e. The van der Waals surface area contributed by atoms with Crippen LogP contribution in [0, 0.1) is 5.41 Å². The van der Waals surface area contributed by atoms with Gasteiger partial charge in [-0.1, -0.05) is 29.8 Å². The number of hydrogen-bond donors (Lipinski definition) is 3. The Balaban J connectivity index is 1.58. The molecule has 1 aromatic rings. The number of nitrogens with zero attached hydrogens (tertiary/aromatic N) is 1. The minimum atomic E-state index is -0.833. The third kappa shape index (κ3) is 2.30. The molecule has 1 amide bonds. The maximum atomic E-state index is 12.3. The summed E-state index contributed by atoms with van der Waals surface area (Å²) < 4.78 is 5.78. The Labute approximate surface area is 123 Å². The largest absolute Gasteiger partial charge is 0.488 e. The first-order chi connectivity index (χ1) is 10.2. The minimum absolute atomic E-state index is 0.00174. The van der Waals surface area contributed by atoms with Crippen LogP contribution in [0.2, 0.25) is 0 Å². The van der Waals surface area contributed by atoms with E-state index in [0.717, 1.165) is 24.2 Å². The standard InChI is InChI=1S/C15H19N3O3/c16-13(18-20)15(6-3-7-15)14(19)17-9-11-8-10-4-1-2-5-12(10)21-11/h1-2,4-5,11,20H,3,6-9H2,(H2,16,18)(H,17,19). The van der Waals surface area contributed by atoms with Gasteiger partial charge in [-0.2, -0.15) is 0 Å². The van der Waals surface area contributed by atoms with Gasteiger partial charge in [-0.25, -0.2) is 0 Å². The lowest BCUT2D eigenvalue weighted by molar-refractivity contribution is -0.131. The summed E-state index contributed by atoms with van der Waals surface area (Å²) in [4.78, 5) is 12.3. The lowest BCUT2D eigenvalue weighted by Crippen LogP contribution is -2.55. The molecule has 6 heteroatoms. The fraction of sp³-hybridized carbons (Fsp3) is 0.467. The number of fused-ring (bicyclic) bond motifs is 1.